The molecule has 3 heteroatoms. The van der Waals surface area contributed by atoms with Crippen LogP contribution in [-0.2, 0) is 4.79 Å². The molecule has 2 N–H and O–H groups in total. The van der Waals surface area contributed by atoms with E-state index in [2.05, 4.69) is 12.2 Å². The number of carbonyl (C=O) groups excluding carboxylic acids is 1. The highest BCUT2D eigenvalue weighted by Gasteiger charge is 2.25. The summed E-state index contributed by atoms with van der Waals surface area (Å²) in [6.45, 7) is 4.31. The zero-order valence-electron chi connectivity index (χ0n) is 11.2. The van der Waals surface area contributed by atoms with Gasteiger partial charge in [0.05, 0.1) is 6.10 Å². The minimum absolute atomic E-state index is 0.139. The zero-order chi connectivity index (χ0) is 12.7. The van der Waals surface area contributed by atoms with Crippen molar-refractivity contribution in [2.45, 2.75) is 64.9 Å². The topological polar surface area (TPSA) is 49.3 Å². The summed E-state index contributed by atoms with van der Waals surface area (Å²) in [7, 11) is 0. The van der Waals surface area contributed by atoms with Crippen molar-refractivity contribution in [2.75, 3.05) is 6.54 Å². The molecule has 1 aliphatic carbocycles. The van der Waals surface area contributed by atoms with Crippen LogP contribution in [0.2, 0.25) is 0 Å². The highest BCUT2D eigenvalue weighted by Crippen LogP contribution is 2.31. The second-order valence-corrected chi connectivity index (χ2v) is 5.45. The third-order valence-electron chi connectivity index (χ3n) is 3.76. The molecule has 0 aromatic rings. The zero-order valence-corrected chi connectivity index (χ0v) is 11.2. The number of aliphatic hydroxyl groups excluding tert-OH is 1. The molecule has 3 nitrogen and oxygen atoms in total. The van der Waals surface area contributed by atoms with Crippen molar-refractivity contribution in [3.63, 3.8) is 0 Å². The lowest BCUT2D eigenvalue weighted by atomic mass is 9.79. The van der Waals surface area contributed by atoms with E-state index in [-0.39, 0.29) is 11.8 Å². The van der Waals surface area contributed by atoms with Gasteiger partial charge in [0.25, 0.3) is 0 Å². The van der Waals surface area contributed by atoms with Crippen molar-refractivity contribution in [1.82, 2.24) is 5.32 Å². The normalized spacial score (nSPS) is 26.5. The summed E-state index contributed by atoms with van der Waals surface area (Å²) in [5, 5.41) is 11.9. The number of hydrogen-bond donors (Lipinski definition) is 2. The number of carbonyl (C=O) groups is 1. The Hall–Kier alpha value is -0.570. The van der Waals surface area contributed by atoms with E-state index in [1.807, 2.05) is 0 Å². The van der Waals surface area contributed by atoms with E-state index in [9.17, 15) is 4.79 Å². The Labute approximate surface area is 105 Å². The monoisotopic (exact) mass is 241 g/mol. The number of rotatable bonds is 6. The van der Waals surface area contributed by atoms with E-state index in [4.69, 9.17) is 5.11 Å². The Bertz CT molecular complexity index is 220. The van der Waals surface area contributed by atoms with Crippen molar-refractivity contribution in [1.29, 1.82) is 0 Å². The maximum absolute atomic E-state index is 11.8. The highest BCUT2D eigenvalue weighted by atomic mass is 16.3. The van der Waals surface area contributed by atoms with Gasteiger partial charge in [-0.1, -0.05) is 26.2 Å². The first-order chi connectivity index (χ1) is 8.13. The summed E-state index contributed by atoms with van der Waals surface area (Å²) < 4.78 is 0. The van der Waals surface area contributed by atoms with Crippen LogP contribution >= 0.6 is 0 Å². The lowest BCUT2D eigenvalue weighted by molar-refractivity contribution is -0.126. The van der Waals surface area contributed by atoms with Gasteiger partial charge in [-0.25, -0.2) is 0 Å². The summed E-state index contributed by atoms with van der Waals surface area (Å²) in [4.78, 5) is 11.8. The molecule has 100 valence electrons. The van der Waals surface area contributed by atoms with Crippen LogP contribution in [-0.4, -0.2) is 23.7 Å². The quantitative estimate of drug-likeness (QED) is 0.750. The molecule has 0 aliphatic heterocycles. The molecular weight excluding hydrogens is 214 g/mol. The fourth-order valence-electron chi connectivity index (χ4n) is 2.60. The van der Waals surface area contributed by atoms with Crippen molar-refractivity contribution in [3.05, 3.63) is 0 Å². The fraction of sp³-hybridized carbons (Fsp3) is 0.929. The van der Waals surface area contributed by atoms with Crippen LogP contribution in [0.4, 0.5) is 0 Å². The molecule has 1 amide bonds. The molecule has 1 rings (SSSR count). The summed E-state index contributed by atoms with van der Waals surface area (Å²) in [5.41, 5.74) is 0. The smallest absolute Gasteiger partial charge is 0.223 e. The first-order valence-corrected chi connectivity index (χ1v) is 7.09. The van der Waals surface area contributed by atoms with Gasteiger partial charge < -0.3 is 10.4 Å². The summed E-state index contributed by atoms with van der Waals surface area (Å²) in [6, 6.07) is 0. The number of aliphatic hydroxyl groups is 1. The standard InChI is InChI=1S/C14H27NO2/c1-3-4-5-12-6-8-13(9-7-12)14(17)15-10-11(2)16/h11-13,16H,3-10H2,1-2H3,(H,15,17)/t11-,12?,13?/m0/s1. The van der Waals surface area contributed by atoms with Gasteiger partial charge in [0, 0.05) is 12.5 Å². The minimum Gasteiger partial charge on any atom is -0.392 e. The average Bonchev–Trinajstić information content (AvgIpc) is 2.34. The SMILES string of the molecule is CCCCC1CCC(C(=O)NC[C@H](C)O)CC1. The molecule has 0 unspecified atom stereocenters. The minimum atomic E-state index is -0.445. The Morgan fingerprint density at radius 2 is 2.00 bits per heavy atom. The average molecular weight is 241 g/mol. The molecule has 1 fully saturated rings. The molecule has 0 bridgehead atoms. The van der Waals surface area contributed by atoms with Crippen LogP contribution in [0.25, 0.3) is 0 Å². The molecular formula is C14H27NO2. The van der Waals surface area contributed by atoms with Gasteiger partial charge in [-0.05, 0) is 38.5 Å². The molecule has 0 aromatic carbocycles. The first kappa shape index (κ1) is 14.5. The van der Waals surface area contributed by atoms with Crippen LogP contribution in [0.1, 0.15) is 58.8 Å². The van der Waals surface area contributed by atoms with Gasteiger partial charge in [-0.15, -0.1) is 0 Å². The molecule has 0 aromatic heterocycles. The molecule has 0 heterocycles. The number of amides is 1. The van der Waals surface area contributed by atoms with Crippen LogP contribution in [0.5, 0.6) is 0 Å². The van der Waals surface area contributed by atoms with Crippen molar-refractivity contribution in [3.8, 4) is 0 Å². The Morgan fingerprint density at radius 3 is 2.53 bits per heavy atom. The van der Waals surface area contributed by atoms with E-state index >= 15 is 0 Å². The number of hydrogen-bond acceptors (Lipinski definition) is 2. The molecule has 0 saturated heterocycles. The maximum Gasteiger partial charge on any atom is 0.223 e. The van der Waals surface area contributed by atoms with Gasteiger partial charge in [0.1, 0.15) is 0 Å². The maximum atomic E-state index is 11.8. The van der Waals surface area contributed by atoms with Crippen molar-refractivity contribution >= 4 is 5.91 Å². The molecule has 1 aliphatic rings. The van der Waals surface area contributed by atoms with Crippen molar-refractivity contribution < 1.29 is 9.90 Å². The van der Waals surface area contributed by atoms with E-state index in [0.717, 1.165) is 18.8 Å². The summed E-state index contributed by atoms with van der Waals surface area (Å²) in [6.07, 6.45) is 7.94. The van der Waals surface area contributed by atoms with E-state index in [1.54, 1.807) is 6.92 Å². The Kier molecular flexibility index (Phi) is 6.56. The van der Waals surface area contributed by atoms with Gasteiger partial charge in [-0.2, -0.15) is 0 Å². The molecule has 17 heavy (non-hydrogen) atoms. The van der Waals surface area contributed by atoms with Crippen LogP contribution in [0.15, 0.2) is 0 Å². The van der Waals surface area contributed by atoms with E-state index in [0.29, 0.717) is 6.54 Å². The van der Waals surface area contributed by atoms with Crippen LogP contribution in [0.3, 0.4) is 0 Å². The van der Waals surface area contributed by atoms with Crippen molar-refractivity contribution in [2.24, 2.45) is 11.8 Å². The van der Waals surface area contributed by atoms with Crippen LogP contribution in [0, 0.1) is 11.8 Å². The second kappa shape index (κ2) is 7.70. The Balaban J connectivity index is 2.19. The third kappa shape index (κ3) is 5.53. The van der Waals surface area contributed by atoms with Gasteiger partial charge >= 0.3 is 0 Å². The summed E-state index contributed by atoms with van der Waals surface area (Å²) in [5.74, 6) is 1.17. The van der Waals surface area contributed by atoms with E-state index in [1.165, 1.54) is 32.1 Å². The lowest BCUT2D eigenvalue weighted by Gasteiger charge is -2.27. The van der Waals surface area contributed by atoms with Gasteiger partial charge in [-0.3, -0.25) is 4.79 Å². The molecule has 1 saturated carbocycles. The number of unbranched alkanes of at least 4 members (excludes halogenated alkanes) is 1. The second-order valence-electron chi connectivity index (χ2n) is 5.45. The predicted molar refractivity (Wildman–Crippen MR) is 69.7 cm³/mol. The predicted octanol–water partition coefficient (Wildman–Crippen LogP) is 2.48. The van der Waals surface area contributed by atoms with Crippen LogP contribution < -0.4 is 5.32 Å². The fourth-order valence-corrected chi connectivity index (χ4v) is 2.60. The highest BCUT2D eigenvalue weighted by molar-refractivity contribution is 5.78. The van der Waals surface area contributed by atoms with Gasteiger partial charge in [0.2, 0.25) is 5.91 Å². The molecule has 0 spiro atoms. The number of nitrogens with one attached hydrogen (secondary N) is 1. The molecule has 0 radical (unpaired) electrons. The third-order valence-corrected chi connectivity index (χ3v) is 3.76. The largest absolute Gasteiger partial charge is 0.392 e. The Morgan fingerprint density at radius 1 is 1.35 bits per heavy atom. The van der Waals surface area contributed by atoms with E-state index < -0.39 is 6.10 Å². The van der Waals surface area contributed by atoms with Gasteiger partial charge in [0.15, 0.2) is 0 Å². The lowest BCUT2D eigenvalue weighted by Crippen LogP contribution is -2.37. The first-order valence-electron chi connectivity index (χ1n) is 7.09. The molecule has 1 atom stereocenters. The summed E-state index contributed by atoms with van der Waals surface area (Å²) >= 11 is 0.